The molecule has 0 spiro atoms. The summed E-state index contributed by atoms with van der Waals surface area (Å²) < 4.78 is 0.398. The normalized spacial score (nSPS) is 10.4. The molecule has 0 aromatic rings. The van der Waals surface area contributed by atoms with Gasteiger partial charge in [-0.25, -0.2) is 0 Å². The standard InChI is InChI=1S/C5H6NO2.3CH3.Sn/c1-6(2)5(8)3-4-7;;;;/h1-2H3;3*1H3;. The van der Waals surface area contributed by atoms with Crippen molar-refractivity contribution in [2.24, 2.45) is 0 Å². The Morgan fingerprint density at radius 2 is 1.67 bits per heavy atom. The van der Waals surface area contributed by atoms with E-state index < -0.39 is 18.4 Å². The van der Waals surface area contributed by atoms with Crippen LogP contribution in [-0.2, 0) is 9.59 Å². The number of rotatable bonds is 2. The molecule has 0 radical (unpaired) electrons. The molecule has 12 heavy (non-hydrogen) atoms. The van der Waals surface area contributed by atoms with Gasteiger partial charge in [0.2, 0.25) is 0 Å². The fraction of sp³-hybridized carbons (Fsp3) is 0.625. The van der Waals surface area contributed by atoms with Crippen LogP contribution in [0.3, 0.4) is 0 Å². The molecule has 1 amide bonds. The van der Waals surface area contributed by atoms with Gasteiger partial charge in [0.1, 0.15) is 0 Å². The summed E-state index contributed by atoms with van der Waals surface area (Å²) in [6, 6.07) is 0. The Morgan fingerprint density at radius 3 is 1.75 bits per heavy atom. The van der Waals surface area contributed by atoms with E-state index in [4.69, 9.17) is 0 Å². The summed E-state index contributed by atoms with van der Waals surface area (Å²) in [6.45, 7) is 0. The molecule has 0 heterocycles. The summed E-state index contributed by atoms with van der Waals surface area (Å²) >= 11 is -2.52. The van der Waals surface area contributed by atoms with Crippen LogP contribution in [0.1, 0.15) is 0 Å². The first-order valence-corrected chi connectivity index (χ1v) is 13.8. The van der Waals surface area contributed by atoms with Crippen molar-refractivity contribution in [2.45, 2.75) is 14.8 Å². The minimum atomic E-state index is -2.52. The Morgan fingerprint density at radius 1 is 1.25 bits per heavy atom. The maximum absolute atomic E-state index is 11.4. The van der Waals surface area contributed by atoms with E-state index in [0.717, 1.165) is 0 Å². The third-order valence-electron chi connectivity index (χ3n) is 1.47. The van der Waals surface area contributed by atoms with Crippen molar-refractivity contribution < 1.29 is 9.59 Å². The second-order valence-electron chi connectivity index (χ2n) is 3.93. The second-order valence-corrected chi connectivity index (χ2v) is 18.2. The summed E-state index contributed by atoms with van der Waals surface area (Å²) in [6.07, 6.45) is 0. The van der Waals surface area contributed by atoms with Gasteiger partial charge in [-0.2, -0.15) is 0 Å². The SMILES string of the molecule is CN(C)C(=O)[C](=C=O)[Sn]([CH3])([CH3])[CH3]. The van der Waals surface area contributed by atoms with Crippen LogP contribution >= 0.6 is 0 Å². The van der Waals surface area contributed by atoms with Crippen LogP contribution in [-0.4, -0.2) is 49.2 Å². The van der Waals surface area contributed by atoms with Crippen molar-refractivity contribution in [3.05, 3.63) is 3.59 Å². The average Bonchev–Trinajstić information content (AvgIpc) is 1.85. The van der Waals surface area contributed by atoms with Gasteiger partial charge in [0.15, 0.2) is 0 Å². The van der Waals surface area contributed by atoms with Crippen molar-refractivity contribution >= 4 is 30.2 Å². The van der Waals surface area contributed by atoms with Gasteiger partial charge in [-0.15, -0.1) is 0 Å². The molecule has 68 valence electrons. The minimum absolute atomic E-state index is 0.173. The number of amides is 1. The van der Waals surface area contributed by atoms with Gasteiger partial charge in [0.25, 0.3) is 0 Å². The van der Waals surface area contributed by atoms with Gasteiger partial charge in [-0.1, -0.05) is 0 Å². The van der Waals surface area contributed by atoms with Crippen molar-refractivity contribution in [3.63, 3.8) is 0 Å². The summed E-state index contributed by atoms with van der Waals surface area (Å²) in [4.78, 5) is 29.4. The van der Waals surface area contributed by atoms with Gasteiger partial charge in [-0.3, -0.25) is 0 Å². The zero-order valence-corrected chi connectivity index (χ0v) is 11.1. The van der Waals surface area contributed by atoms with E-state index >= 15 is 0 Å². The molecule has 0 saturated heterocycles. The monoisotopic (exact) mass is 277 g/mol. The zero-order chi connectivity index (χ0) is 9.94. The molecule has 0 aromatic carbocycles. The molecule has 0 aliphatic heterocycles. The van der Waals surface area contributed by atoms with Gasteiger partial charge < -0.3 is 0 Å². The van der Waals surface area contributed by atoms with Crippen molar-refractivity contribution in [1.29, 1.82) is 0 Å². The summed E-state index contributed by atoms with van der Waals surface area (Å²) in [5.74, 6) is 1.62. The second kappa shape index (κ2) is 4.10. The van der Waals surface area contributed by atoms with Crippen LogP contribution in [0.25, 0.3) is 0 Å². The first-order chi connectivity index (χ1) is 5.30. The van der Waals surface area contributed by atoms with E-state index in [2.05, 4.69) is 0 Å². The summed E-state index contributed by atoms with van der Waals surface area (Å²) in [7, 11) is 3.30. The van der Waals surface area contributed by atoms with E-state index in [1.54, 1.807) is 20.0 Å². The fourth-order valence-electron chi connectivity index (χ4n) is 0.741. The number of hydrogen-bond donors (Lipinski definition) is 0. The van der Waals surface area contributed by atoms with Gasteiger partial charge in [0, 0.05) is 0 Å². The molecule has 0 atom stereocenters. The van der Waals surface area contributed by atoms with Gasteiger partial charge >= 0.3 is 77.2 Å². The van der Waals surface area contributed by atoms with Crippen LogP contribution in [0.15, 0.2) is 3.59 Å². The first-order valence-electron chi connectivity index (χ1n) is 3.78. The Kier molecular flexibility index (Phi) is 4.00. The van der Waals surface area contributed by atoms with Crippen LogP contribution in [0, 0.1) is 0 Å². The predicted molar refractivity (Wildman–Crippen MR) is 51.2 cm³/mol. The van der Waals surface area contributed by atoms with Crippen molar-refractivity contribution in [2.75, 3.05) is 14.1 Å². The van der Waals surface area contributed by atoms with Crippen molar-refractivity contribution in [3.8, 4) is 0 Å². The maximum atomic E-state index is 11.4. The third-order valence-corrected chi connectivity index (χ3v) is 6.65. The Hall–Kier alpha value is -0.281. The van der Waals surface area contributed by atoms with Crippen LogP contribution in [0.5, 0.6) is 0 Å². The molecule has 0 aliphatic rings. The van der Waals surface area contributed by atoms with E-state index in [0.29, 0.717) is 3.59 Å². The predicted octanol–water partition coefficient (Wildman–Crippen LogP) is 0.710. The van der Waals surface area contributed by atoms with Gasteiger partial charge in [0.05, 0.1) is 0 Å². The fourth-order valence-corrected chi connectivity index (χ4v) is 4.08. The molecular formula is C8H15NO2Sn. The number of carbonyl (C=O) groups is 1. The summed E-state index contributed by atoms with van der Waals surface area (Å²) in [5.41, 5.74) is 0. The van der Waals surface area contributed by atoms with Crippen molar-refractivity contribution in [1.82, 2.24) is 4.90 Å². The molecule has 0 N–H and O–H groups in total. The van der Waals surface area contributed by atoms with Crippen LogP contribution < -0.4 is 0 Å². The molecule has 0 saturated carbocycles. The number of likely N-dealkylation sites (N-methyl/N-ethyl adjacent to an activating group) is 1. The Balaban J connectivity index is 4.86. The molecule has 0 fully saturated rings. The van der Waals surface area contributed by atoms with Crippen LogP contribution in [0.2, 0.25) is 14.8 Å². The number of carbonyl (C=O) groups excluding carboxylic acids is 2. The quantitative estimate of drug-likeness (QED) is 0.423. The molecule has 0 unspecified atom stereocenters. The van der Waals surface area contributed by atoms with Gasteiger partial charge in [-0.05, 0) is 0 Å². The number of nitrogens with zero attached hydrogens (tertiary/aromatic N) is 1. The number of hydrogen-bond acceptors (Lipinski definition) is 2. The summed E-state index contributed by atoms with van der Waals surface area (Å²) in [5, 5.41) is 0. The van der Waals surface area contributed by atoms with E-state index in [9.17, 15) is 9.59 Å². The topological polar surface area (TPSA) is 37.4 Å². The molecule has 0 aliphatic carbocycles. The Bertz CT molecular complexity index is 234. The molecular weight excluding hydrogens is 261 g/mol. The van der Waals surface area contributed by atoms with E-state index in [-0.39, 0.29) is 5.91 Å². The average molecular weight is 276 g/mol. The molecule has 0 rings (SSSR count). The third kappa shape index (κ3) is 2.99. The van der Waals surface area contributed by atoms with E-state index in [1.165, 1.54) is 4.90 Å². The zero-order valence-electron chi connectivity index (χ0n) is 8.26. The molecule has 4 heteroatoms. The molecule has 0 aromatic heterocycles. The van der Waals surface area contributed by atoms with E-state index in [1.807, 2.05) is 14.8 Å². The van der Waals surface area contributed by atoms with Crippen LogP contribution in [0.4, 0.5) is 0 Å². The molecule has 0 bridgehead atoms. The Labute approximate surface area is 77.3 Å². The first kappa shape index (κ1) is 11.7. The molecule has 3 nitrogen and oxygen atoms in total.